The van der Waals surface area contributed by atoms with Crippen molar-refractivity contribution in [2.45, 2.75) is 6.92 Å². The van der Waals surface area contributed by atoms with E-state index in [4.69, 9.17) is 5.11 Å². The number of carboxylic acids is 1. The van der Waals surface area contributed by atoms with Gasteiger partial charge in [0.25, 0.3) is 5.91 Å². The molecule has 2 N–H and O–H groups in total. The van der Waals surface area contributed by atoms with Crippen molar-refractivity contribution >= 4 is 23.8 Å². The lowest BCUT2D eigenvalue weighted by Crippen LogP contribution is -2.14. The van der Waals surface area contributed by atoms with Crippen LogP contribution in [0.1, 0.15) is 21.5 Å². The highest BCUT2D eigenvalue weighted by Gasteiger charge is 2.09. The molecule has 2 rings (SSSR count). The monoisotopic (exact) mass is 285 g/mol. The van der Waals surface area contributed by atoms with Gasteiger partial charge in [0, 0.05) is 24.8 Å². The fraction of sp³-hybridized carbons (Fsp3) is 0.133. The standard InChI is InChI=1S/C15H15N3O3/c1-10-3-4-12(9-11(10)5-6-14(19)20)15(21)17-13-7-8-16-18(13)2/h3-9H,1-2H3,(H,17,21)(H,19,20)/b6-5+. The second-order valence-corrected chi connectivity index (χ2v) is 4.54. The molecule has 0 atom stereocenters. The summed E-state index contributed by atoms with van der Waals surface area (Å²) in [5, 5.41) is 15.4. The maximum absolute atomic E-state index is 12.2. The third kappa shape index (κ3) is 3.56. The molecule has 6 nitrogen and oxygen atoms in total. The van der Waals surface area contributed by atoms with Gasteiger partial charge in [0.1, 0.15) is 5.82 Å². The number of nitrogens with zero attached hydrogens (tertiary/aromatic N) is 2. The Balaban J connectivity index is 2.24. The van der Waals surface area contributed by atoms with E-state index in [0.717, 1.165) is 11.6 Å². The molecule has 1 aromatic carbocycles. The van der Waals surface area contributed by atoms with Crippen LogP contribution in [0.3, 0.4) is 0 Å². The van der Waals surface area contributed by atoms with Gasteiger partial charge in [-0.2, -0.15) is 5.10 Å². The van der Waals surface area contributed by atoms with Crippen LogP contribution < -0.4 is 5.32 Å². The average Bonchev–Trinajstić information content (AvgIpc) is 2.83. The number of rotatable bonds is 4. The van der Waals surface area contributed by atoms with Crippen LogP contribution >= 0.6 is 0 Å². The van der Waals surface area contributed by atoms with Crippen molar-refractivity contribution in [1.82, 2.24) is 9.78 Å². The molecule has 0 spiro atoms. The molecule has 0 aliphatic carbocycles. The number of anilines is 1. The first-order valence-electron chi connectivity index (χ1n) is 6.28. The molecule has 0 saturated carbocycles. The molecule has 21 heavy (non-hydrogen) atoms. The molecule has 1 amide bonds. The molecule has 0 fully saturated rings. The van der Waals surface area contributed by atoms with Crippen molar-refractivity contribution in [3.05, 3.63) is 53.2 Å². The van der Waals surface area contributed by atoms with Crippen molar-refractivity contribution in [2.24, 2.45) is 7.05 Å². The summed E-state index contributed by atoms with van der Waals surface area (Å²) in [6.45, 7) is 1.85. The fourth-order valence-corrected chi connectivity index (χ4v) is 1.81. The Morgan fingerprint density at radius 1 is 1.33 bits per heavy atom. The van der Waals surface area contributed by atoms with E-state index in [0.29, 0.717) is 16.9 Å². The van der Waals surface area contributed by atoms with Gasteiger partial charge in [-0.15, -0.1) is 0 Å². The Labute approximate surface area is 121 Å². The van der Waals surface area contributed by atoms with E-state index >= 15 is 0 Å². The number of aromatic nitrogens is 2. The van der Waals surface area contributed by atoms with Crippen LogP contribution in [0.25, 0.3) is 6.08 Å². The van der Waals surface area contributed by atoms with Gasteiger partial charge in [-0.25, -0.2) is 4.79 Å². The predicted molar refractivity (Wildman–Crippen MR) is 79.0 cm³/mol. The molecule has 1 aromatic heterocycles. The van der Waals surface area contributed by atoms with Crippen molar-refractivity contribution in [2.75, 3.05) is 5.32 Å². The molecule has 0 saturated heterocycles. The highest BCUT2D eigenvalue weighted by molar-refractivity contribution is 6.04. The maximum atomic E-state index is 12.2. The third-order valence-electron chi connectivity index (χ3n) is 3.01. The van der Waals surface area contributed by atoms with Gasteiger partial charge in [-0.1, -0.05) is 6.07 Å². The summed E-state index contributed by atoms with van der Waals surface area (Å²) in [5.41, 5.74) is 2.03. The quantitative estimate of drug-likeness (QED) is 0.842. The lowest BCUT2D eigenvalue weighted by molar-refractivity contribution is -0.131. The number of carboxylic acid groups (broad SMARTS) is 1. The summed E-state index contributed by atoms with van der Waals surface area (Å²) in [7, 11) is 1.73. The summed E-state index contributed by atoms with van der Waals surface area (Å²) >= 11 is 0. The molecule has 0 bridgehead atoms. The van der Waals surface area contributed by atoms with Crippen LogP contribution in [-0.4, -0.2) is 26.8 Å². The number of amides is 1. The van der Waals surface area contributed by atoms with Gasteiger partial charge in [-0.05, 0) is 36.3 Å². The molecule has 108 valence electrons. The van der Waals surface area contributed by atoms with Crippen LogP contribution in [0.15, 0.2) is 36.5 Å². The van der Waals surface area contributed by atoms with Gasteiger partial charge in [0.2, 0.25) is 0 Å². The number of aryl methyl sites for hydroxylation is 2. The molecule has 1 heterocycles. The van der Waals surface area contributed by atoms with Crippen molar-refractivity contribution in [3.8, 4) is 0 Å². The number of hydrogen-bond donors (Lipinski definition) is 2. The lowest BCUT2D eigenvalue weighted by atomic mass is 10.0. The van der Waals surface area contributed by atoms with Gasteiger partial charge >= 0.3 is 5.97 Å². The number of carbonyl (C=O) groups excluding carboxylic acids is 1. The summed E-state index contributed by atoms with van der Waals surface area (Å²) in [4.78, 5) is 22.7. The Bertz CT molecular complexity index is 717. The second kappa shape index (κ2) is 6.04. The maximum Gasteiger partial charge on any atom is 0.328 e. The van der Waals surface area contributed by atoms with Crippen molar-refractivity contribution in [1.29, 1.82) is 0 Å². The molecule has 0 aliphatic rings. The van der Waals surface area contributed by atoms with Crippen LogP contribution in [0.4, 0.5) is 5.82 Å². The van der Waals surface area contributed by atoms with Gasteiger partial charge in [0.15, 0.2) is 0 Å². The van der Waals surface area contributed by atoms with E-state index in [1.54, 1.807) is 42.2 Å². The number of carbonyl (C=O) groups is 2. The fourth-order valence-electron chi connectivity index (χ4n) is 1.81. The molecular weight excluding hydrogens is 270 g/mol. The molecule has 0 unspecified atom stereocenters. The normalized spacial score (nSPS) is 10.8. The van der Waals surface area contributed by atoms with E-state index in [-0.39, 0.29) is 5.91 Å². The van der Waals surface area contributed by atoms with Crippen LogP contribution in [0.2, 0.25) is 0 Å². The first-order chi connectivity index (χ1) is 9.97. The second-order valence-electron chi connectivity index (χ2n) is 4.54. The van der Waals surface area contributed by atoms with Crippen LogP contribution in [-0.2, 0) is 11.8 Å². The molecule has 2 aromatic rings. The summed E-state index contributed by atoms with van der Waals surface area (Å²) < 4.78 is 1.55. The SMILES string of the molecule is Cc1ccc(C(=O)Nc2ccnn2C)cc1/C=C/C(=O)O. The number of nitrogens with one attached hydrogen (secondary N) is 1. The summed E-state index contributed by atoms with van der Waals surface area (Å²) in [5.74, 6) is -0.717. The average molecular weight is 285 g/mol. The first kappa shape index (κ1) is 14.5. The summed E-state index contributed by atoms with van der Waals surface area (Å²) in [6.07, 6.45) is 4.11. The van der Waals surface area contributed by atoms with E-state index < -0.39 is 5.97 Å². The number of benzene rings is 1. The Morgan fingerprint density at radius 3 is 2.71 bits per heavy atom. The minimum Gasteiger partial charge on any atom is -0.478 e. The highest BCUT2D eigenvalue weighted by atomic mass is 16.4. The lowest BCUT2D eigenvalue weighted by Gasteiger charge is -2.07. The zero-order valence-corrected chi connectivity index (χ0v) is 11.7. The Morgan fingerprint density at radius 2 is 2.10 bits per heavy atom. The molecular formula is C15H15N3O3. The molecule has 0 radical (unpaired) electrons. The topological polar surface area (TPSA) is 84.2 Å². The minimum atomic E-state index is -1.03. The van der Waals surface area contributed by atoms with E-state index in [1.165, 1.54) is 6.08 Å². The summed E-state index contributed by atoms with van der Waals surface area (Å²) in [6, 6.07) is 6.82. The molecule has 6 heteroatoms. The zero-order chi connectivity index (χ0) is 15.4. The zero-order valence-electron chi connectivity index (χ0n) is 11.7. The van der Waals surface area contributed by atoms with Crippen LogP contribution in [0, 0.1) is 6.92 Å². The predicted octanol–water partition coefficient (Wildman–Crippen LogP) is 2.08. The number of hydrogen-bond acceptors (Lipinski definition) is 3. The van der Waals surface area contributed by atoms with Gasteiger partial charge < -0.3 is 10.4 Å². The molecule has 0 aliphatic heterocycles. The van der Waals surface area contributed by atoms with Gasteiger partial charge in [0.05, 0.1) is 6.20 Å². The van der Waals surface area contributed by atoms with E-state index in [2.05, 4.69) is 10.4 Å². The number of aliphatic carboxylic acids is 1. The Hall–Kier alpha value is -2.89. The van der Waals surface area contributed by atoms with E-state index in [1.807, 2.05) is 6.92 Å². The van der Waals surface area contributed by atoms with E-state index in [9.17, 15) is 9.59 Å². The third-order valence-corrected chi connectivity index (χ3v) is 3.01. The van der Waals surface area contributed by atoms with Crippen LogP contribution in [0.5, 0.6) is 0 Å². The largest absolute Gasteiger partial charge is 0.478 e. The Kier molecular flexibility index (Phi) is 4.18. The van der Waals surface area contributed by atoms with Crippen molar-refractivity contribution < 1.29 is 14.7 Å². The highest BCUT2D eigenvalue weighted by Crippen LogP contribution is 2.15. The minimum absolute atomic E-state index is 0.274. The van der Waals surface area contributed by atoms with Crippen molar-refractivity contribution in [3.63, 3.8) is 0 Å². The van der Waals surface area contributed by atoms with Gasteiger partial charge in [-0.3, -0.25) is 9.48 Å². The first-order valence-corrected chi connectivity index (χ1v) is 6.28. The smallest absolute Gasteiger partial charge is 0.328 e.